The predicted octanol–water partition coefficient (Wildman–Crippen LogP) is 2.31. The first-order chi connectivity index (χ1) is 9.69. The van der Waals surface area contributed by atoms with Crippen molar-refractivity contribution in [2.24, 2.45) is 0 Å². The van der Waals surface area contributed by atoms with E-state index in [1.165, 1.54) is 5.56 Å². The number of benzene rings is 1. The number of nitrogens with one attached hydrogen (secondary N) is 1. The van der Waals surface area contributed by atoms with Crippen LogP contribution in [0, 0.1) is 0 Å². The van der Waals surface area contributed by atoms with Gasteiger partial charge < -0.3 is 19.7 Å². The molecule has 1 rings (SSSR count). The van der Waals surface area contributed by atoms with Crippen molar-refractivity contribution in [3.63, 3.8) is 0 Å². The molecule has 0 saturated carbocycles. The number of likely N-dealkylation sites (N-methyl/N-ethyl adjacent to an activating group) is 1. The molecule has 114 valence electrons. The zero-order valence-electron chi connectivity index (χ0n) is 13.2. The van der Waals surface area contributed by atoms with Crippen molar-refractivity contribution in [3.05, 3.63) is 29.8 Å². The van der Waals surface area contributed by atoms with E-state index in [9.17, 15) is 0 Å². The quantitative estimate of drug-likeness (QED) is 0.667. The maximum Gasteiger partial charge on any atom is 0.119 e. The first-order valence-electron chi connectivity index (χ1n) is 7.27. The fourth-order valence-corrected chi connectivity index (χ4v) is 2.13. The van der Waals surface area contributed by atoms with Gasteiger partial charge in [0.25, 0.3) is 0 Å². The molecule has 1 atom stereocenters. The number of nitrogens with zero attached hydrogens (tertiary/aromatic N) is 1. The molecule has 0 aliphatic heterocycles. The van der Waals surface area contributed by atoms with E-state index in [-0.39, 0.29) is 0 Å². The number of hydrogen-bond donors (Lipinski definition) is 1. The van der Waals surface area contributed by atoms with E-state index in [0.29, 0.717) is 6.04 Å². The van der Waals surface area contributed by atoms with E-state index in [1.807, 2.05) is 19.1 Å². The third-order valence-electron chi connectivity index (χ3n) is 3.29. The van der Waals surface area contributed by atoms with Gasteiger partial charge in [-0.05, 0) is 51.7 Å². The molecular weight excluding hydrogens is 252 g/mol. The van der Waals surface area contributed by atoms with Crippen LogP contribution in [0.4, 0.5) is 0 Å². The summed E-state index contributed by atoms with van der Waals surface area (Å²) < 4.78 is 10.6. The van der Waals surface area contributed by atoms with Crippen LogP contribution in [0.1, 0.15) is 24.9 Å². The Kier molecular flexibility index (Phi) is 8.26. The largest absolute Gasteiger partial charge is 0.497 e. The molecule has 0 aliphatic carbocycles. The van der Waals surface area contributed by atoms with E-state index in [0.717, 1.165) is 38.5 Å². The molecule has 1 aromatic carbocycles. The van der Waals surface area contributed by atoms with Crippen LogP contribution in [-0.2, 0) is 4.74 Å². The fourth-order valence-electron chi connectivity index (χ4n) is 2.13. The molecule has 0 heterocycles. The zero-order valence-corrected chi connectivity index (χ0v) is 13.2. The summed E-state index contributed by atoms with van der Waals surface area (Å²) in [5.41, 5.74) is 1.27. The van der Waals surface area contributed by atoms with Crippen molar-refractivity contribution < 1.29 is 9.47 Å². The van der Waals surface area contributed by atoms with Crippen LogP contribution in [-0.4, -0.2) is 52.4 Å². The normalized spacial score (nSPS) is 12.7. The Bertz CT molecular complexity index is 369. The SMILES string of the molecule is CCOCCCNCC(c1cccc(OC)c1)N(C)C. The minimum absolute atomic E-state index is 0.345. The van der Waals surface area contributed by atoms with Crippen LogP contribution in [0.5, 0.6) is 5.75 Å². The monoisotopic (exact) mass is 280 g/mol. The summed E-state index contributed by atoms with van der Waals surface area (Å²) in [5.74, 6) is 0.908. The summed E-state index contributed by atoms with van der Waals surface area (Å²) in [7, 11) is 5.91. The summed E-state index contributed by atoms with van der Waals surface area (Å²) in [6, 6.07) is 8.62. The molecule has 20 heavy (non-hydrogen) atoms. The average Bonchev–Trinajstić information content (AvgIpc) is 2.46. The van der Waals surface area contributed by atoms with Crippen molar-refractivity contribution in [2.45, 2.75) is 19.4 Å². The molecule has 0 bridgehead atoms. The minimum Gasteiger partial charge on any atom is -0.497 e. The van der Waals surface area contributed by atoms with E-state index in [4.69, 9.17) is 9.47 Å². The van der Waals surface area contributed by atoms with Gasteiger partial charge in [-0.1, -0.05) is 12.1 Å². The van der Waals surface area contributed by atoms with E-state index >= 15 is 0 Å². The van der Waals surface area contributed by atoms with Crippen molar-refractivity contribution in [3.8, 4) is 5.75 Å². The van der Waals surface area contributed by atoms with E-state index < -0.39 is 0 Å². The van der Waals surface area contributed by atoms with Gasteiger partial charge in [0.2, 0.25) is 0 Å². The van der Waals surface area contributed by atoms with Crippen molar-refractivity contribution >= 4 is 0 Å². The Hall–Kier alpha value is -1.10. The Balaban J connectivity index is 2.47. The molecule has 0 radical (unpaired) electrons. The maximum absolute atomic E-state index is 5.34. The minimum atomic E-state index is 0.345. The lowest BCUT2D eigenvalue weighted by molar-refractivity contribution is 0.144. The highest BCUT2D eigenvalue weighted by atomic mass is 16.5. The smallest absolute Gasteiger partial charge is 0.119 e. The molecule has 4 heteroatoms. The maximum atomic E-state index is 5.34. The first-order valence-corrected chi connectivity index (χ1v) is 7.27. The second-order valence-electron chi connectivity index (χ2n) is 5.01. The van der Waals surface area contributed by atoms with Gasteiger partial charge in [0.1, 0.15) is 5.75 Å². The molecule has 0 fully saturated rings. The summed E-state index contributed by atoms with van der Waals surface area (Å²) >= 11 is 0. The van der Waals surface area contributed by atoms with Crippen molar-refractivity contribution in [2.75, 3.05) is 47.5 Å². The van der Waals surface area contributed by atoms with Gasteiger partial charge in [-0.3, -0.25) is 0 Å². The molecule has 0 aliphatic rings. The highest BCUT2D eigenvalue weighted by Crippen LogP contribution is 2.21. The second kappa shape index (κ2) is 9.75. The van der Waals surface area contributed by atoms with Crippen molar-refractivity contribution in [1.82, 2.24) is 10.2 Å². The molecule has 4 nitrogen and oxygen atoms in total. The van der Waals surface area contributed by atoms with Crippen LogP contribution in [0.3, 0.4) is 0 Å². The standard InChI is InChI=1S/C16H28N2O2/c1-5-20-11-7-10-17-13-16(18(2)3)14-8-6-9-15(12-14)19-4/h6,8-9,12,16-17H,5,7,10-11,13H2,1-4H3. The molecule has 0 aromatic heterocycles. The van der Waals surface area contributed by atoms with Crippen molar-refractivity contribution in [1.29, 1.82) is 0 Å². The summed E-state index contributed by atoms with van der Waals surface area (Å²) in [5, 5.41) is 3.50. The molecule has 1 N–H and O–H groups in total. The first kappa shape index (κ1) is 17.0. The molecular formula is C16H28N2O2. The second-order valence-corrected chi connectivity index (χ2v) is 5.01. The highest BCUT2D eigenvalue weighted by molar-refractivity contribution is 5.30. The van der Waals surface area contributed by atoms with Gasteiger partial charge in [-0.15, -0.1) is 0 Å². The van der Waals surface area contributed by atoms with Gasteiger partial charge in [0.15, 0.2) is 0 Å². The molecule has 0 spiro atoms. The van der Waals surface area contributed by atoms with Crippen LogP contribution in [0.15, 0.2) is 24.3 Å². The van der Waals surface area contributed by atoms with Gasteiger partial charge in [0.05, 0.1) is 7.11 Å². The van der Waals surface area contributed by atoms with Crippen LogP contribution < -0.4 is 10.1 Å². The van der Waals surface area contributed by atoms with Crippen LogP contribution in [0.25, 0.3) is 0 Å². The predicted molar refractivity (Wildman–Crippen MR) is 83.4 cm³/mol. The number of hydrogen-bond acceptors (Lipinski definition) is 4. The van der Waals surface area contributed by atoms with E-state index in [1.54, 1.807) is 7.11 Å². The number of ether oxygens (including phenoxy) is 2. The lowest BCUT2D eigenvalue weighted by atomic mass is 10.1. The average molecular weight is 280 g/mol. The molecule has 0 saturated heterocycles. The Morgan fingerprint density at radius 3 is 2.75 bits per heavy atom. The Morgan fingerprint density at radius 2 is 2.10 bits per heavy atom. The Morgan fingerprint density at radius 1 is 1.30 bits per heavy atom. The third-order valence-corrected chi connectivity index (χ3v) is 3.29. The lowest BCUT2D eigenvalue weighted by Crippen LogP contribution is -2.31. The topological polar surface area (TPSA) is 33.7 Å². The molecule has 1 unspecified atom stereocenters. The van der Waals surface area contributed by atoms with Crippen LogP contribution >= 0.6 is 0 Å². The summed E-state index contributed by atoms with van der Waals surface area (Å²) in [4.78, 5) is 2.23. The number of rotatable bonds is 10. The highest BCUT2D eigenvalue weighted by Gasteiger charge is 2.14. The number of methoxy groups -OCH3 is 1. The zero-order chi connectivity index (χ0) is 14.8. The van der Waals surface area contributed by atoms with Gasteiger partial charge in [0, 0.05) is 25.8 Å². The molecule has 1 aromatic rings. The van der Waals surface area contributed by atoms with Crippen LogP contribution in [0.2, 0.25) is 0 Å². The van der Waals surface area contributed by atoms with Gasteiger partial charge in [-0.25, -0.2) is 0 Å². The summed E-state index contributed by atoms with van der Waals surface area (Å²) in [6.45, 7) is 5.55. The van der Waals surface area contributed by atoms with Gasteiger partial charge in [-0.2, -0.15) is 0 Å². The Labute approximate surface area is 123 Å². The summed E-state index contributed by atoms with van der Waals surface area (Å²) in [6.07, 6.45) is 1.05. The lowest BCUT2D eigenvalue weighted by Gasteiger charge is -2.25. The molecule has 0 amide bonds. The fraction of sp³-hybridized carbons (Fsp3) is 0.625. The van der Waals surface area contributed by atoms with Gasteiger partial charge >= 0.3 is 0 Å². The third kappa shape index (κ3) is 5.90. The van der Waals surface area contributed by atoms with E-state index in [2.05, 4.69) is 36.4 Å².